The molecule has 0 amide bonds. The van der Waals surface area contributed by atoms with Crippen molar-refractivity contribution in [1.82, 2.24) is 0 Å². The zero-order valence-corrected chi connectivity index (χ0v) is 25.0. The van der Waals surface area contributed by atoms with E-state index in [9.17, 15) is 0 Å². The maximum absolute atomic E-state index is 2.53. The summed E-state index contributed by atoms with van der Waals surface area (Å²) >= 11 is 0. The molecule has 4 aromatic carbocycles. The highest BCUT2D eigenvalue weighted by Gasteiger charge is 2.34. The van der Waals surface area contributed by atoms with Crippen LogP contribution in [0.4, 0.5) is 0 Å². The monoisotopic (exact) mass is 542 g/mol. The van der Waals surface area contributed by atoms with E-state index in [0.717, 1.165) is 11.3 Å². The molecule has 0 unspecified atom stereocenters. The van der Waals surface area contributed by atoms with Crippen LogP contribution >= 0.6 is 7.92 Å². The topological polar surface area (TPSA) is 0 Å². The van der Waals surface area contributed by atoms with Gasteiger partial charge in [0.05, 0.1) is 0 Å². The van der Waals surface area contributed by atoms with Crippen LogP contribution in [0, 0.1) is 6.92 Å². The van der Waals surface area contributed by atoms with Crippen molar-refractivity contribution in [2.45, 2.75) is 82.4 Å². The van der Waals surface area contributed by atoms with Gasteiger partial charge in [-0.25, -0.2) is 0 Å². The predicted octanol–water partition coefficient (Wildman–Crippen LogP) is 11.0. The van der Waals surface area contributed by atoms with Crippen molar-refractivity contribution in [3.8, 4) is 11.1 Å². The van der Waals surface area contributed by atoms with E-state index in [1.54, 1.807) is 5.30 Å². The van der Waals surface area contributed by atoms with Crippen molar-refractivity contribution in [3.63, 3.8) is 0 Å². The van der Waals surface area contributed by atoms with Gasteiger partial charge in [0.25, 0.3) is 0 Å². The number of rotatable bonds is 7. The Labute approximate surface area is 243 Å². The van der Waals surface area contributed by atoms with Crippen LogP contribution in [0.1, 0.15) is 86.5 Å². The van der Waals surface area contributed by atoms with Crippen LogP contribution in [0.2, 0.25) is 0 Å². The molecule has 0 saturated heterocycles. The fraction of sp³-hybridized carbons (Fsp3) is 0.333. The fourth-order valence-corrected chi connectivity index (χ4v) is 11.2. The molecule has 1 heteroatoms. The summed E-state index contributed by atoms with van der Waals surface area (Å²) in [4.78, 5) is 0. The lowest BCUT2D eigenvalue weighted by Crippen LogP contribution is -2.27. The highest BCUT2D eigenvalue weighted by Crippen LogP contribution is 2.56. The molecule has 2 saturated carbocycles. The van der Waals surface area contributed by atoms with Gasteiger partial charge in [0.15, 0.2) is 0 Å². The summed E-state index contributed by atoms with van der Waals surface area (Å²) < 4.78 is 0. The summed E-state index contributed by atoms with van der Waals surface area (Å²) in [6.45, 7) is 2.32. The maximum Gasteiger partial charge on any atom is -0.00695 e. The van der Waals surface area contributed by atoms with Crippen LogP contribution in [0.5, 0.6) is 0 Å². The standard InChI is InChI=1S/C39H43P/c1-30-17-16-27-35(37(32-20-8-3-9-21-32)29-31-18-6-2-7-19-31)39(30)36-26-14-15-28-38(36)40(33-22-10-4-11-23-33)34-24-12-5-13-25-34/h2-3,6-9,14-21,26-29,33-34H,4-5,10-13,22-25H2,1H3/b37-29+. The van der Waals surface area contributed by atoms with Gasteiger partial charge in [-0.1, -0.05) is 150 Å². The molecule has 0 aliphatic heterocycles. The first-order chi connectivity index (χ1) is 19.8. The SMILES string of the molecule is Cc1cccc(/C(=C/c2ccccc2)c2ccccc2)c1-c1ccccc1P(C1CCCCC1)C1CCCCC1. The lowest BCUT2D eigenvalue weighted by molar-refractivity contribution is 0.487. The van der Waals surface area contributed by atoms with Crippen molar-refractivity contribution in [1.29, 1.82) is 0 Å². The predicted molar refractivity (Wildman–Crippen MR) is 177 cm³/mol. The molecule has 204 valence electrons. The van der Waals surface area contributed by atoms with Crippen LogP contribution in [-0.4, -0.2) is 11.3 Å². The van der Waals surface area contributed by atoms with E-state index in [4.69, 9.17) is 0 Å². The quantitative estimate of drug-likeness (QED) is 0.161. The third-order valence-corrected chi connectivity index (χ3v) is 12.7. The smallest absolute Gasteiger partial charge is 0.00695 e. The summed E-state index contributed by atoms with van der Waals surface area (Å²) in [5.74, 6) is 0. The molecule has 0 atom stereocenters. The Morgan fingerprint density at radius 3 is 1.82 bits per heavy atom. The van der Waals surface area contributed by atoms with Crippen LogP contribution in [0.3, 0.4) is 0 Å². The first-order valence-electron chi connectivity index (χ1n) is 15.6. The van der Waals surface area contributed by atoms with E-state index in [1.807, 2.05) is 0 Å². The Morgan fingerprint density at radius 2 is 1.18 bits per heavy atom. The summed E-state index contributed by atoms with van der Waals surface area (Å²) in [5, 5.41) is 1.68. The van der Waals surface area contributed by atoms with Crippen LogP contribution in [0.25, 0.3) is 22.8 Å². The zero-order chi connectivity index (χ0) is 27.1. The molecule has 0 radical (unpaired) electrons. The highest BCUT2D eigenvalue weighted by molar-refractivity contribution is 7.67. The summed E-state index contributed by atoms with van der Waals surface area (Å²) in [5.41, 5.74) is 11.2. The maximum atomic E-state index is 2.53. The molecule has 0 N–H and O–H groups in total. The fourth-order valence-electron chi connectivity index (χ4n) is 7.22. The zero-order valence-electron chi connectivity index (χ0n) is 24.1. The second kappa shape index (κ2) is 13.1. The Bertz CT molecular complexity index is 1390. The Hall–Kier alpha value is -2.95. The van der Waals surface area contributed by atoms with Crippen molar-refractivity contribution >= 4 is 24.9 Å². The van der Waals surface area contributed by atoms with E-state index in [1.165, 1.54) is 103 Å². The molecule has 2 aliphatic rings. The van der Waals surface area contributed by atoms with Crippen LogP contribution in [-0.2, 0) is 0 Å². The molecule has 40 heavy (non-hydrogen) atoms. The van der Waals surface area contributed by atoms with Crippen molar-refractivity contribution in [2.24, 2.45) is 0 Å². The second-order valence-electron chi connectivity index (χ2n) is 11.8. The molecular weight excluding hydrogens is 499 g/mol. The van der Waals surface area contributed by atoms with Crippen molar-refractivity contribution in [3.05, 3.63) is 125 Å². The minimum absolute atomic E-state index is 0.202. The molecular formula is C39H43P. The average molecular weight is 543 g/mol. The molecule has 4 aromatic rings. The molecule has 6 rings (SSSR count). The van der Waals surface area contributed by atoms with Crippen LogP contribution < -0.4 is 5.30 Å². The van der Waals surface area contributed by atoms with E-state index in [-0.39, 0.29) is 7.92 Å². The second-order valence-corrected chi connectivity index (χ2v) is 14.6. The lowest BCUT2D eigenvalue weighted by Gasteiger charge is -2.40. The van der Waals surface area contributed by atoms with Gasteiger partial charge in [-0.3, -0.25) is 0 Å². The Kier molecular flexibility index (Phi) is 8.95. The largest absolute Gasteiger partial charge is 0.0683 e. The van der Waals surface area contributed by atoms with Gasteiger partial charge in [0.1, 0.15) is 0 Å². The van der Waals surface area contributed by atoms with Gasteiger partial charge in [-0.05, 0) is 94.3 Å². The molecule has 0 nitrogen and oxygen atoms in total. The van der Waals surface area contributed by atoms with Crippen LogP contribution in [0.15, 0.2) is 103 Å². The molecule has 0 aromatic heterocycles. The van der Waals surface area contributed by atoms with E-state index in [0.29, 0.717) is 0 Å². The van der Waals surface area contributed by atoms with Gasteiger partial charge in [0.2, 0.25) is 0 Å². The number of aryl methyl sites for hydroxylation is 1. The average Bonchev–Trinajstić information content (AvgIpc) is 3.02. The molecule has 2 aliphatic carbocycles. The summed E-state index contributed by atoms with van der Waals surface area (Å²) in [7, 11) is -0.202. The summed E-state index contributed by atoms with van der Waals surface area (Å²) in [6.07, 6.45) is 16.7. The lowest BCUT2D eigenvalue weighted by atomic mass is 9.87. The first kappa shape index (κ1) is 27.2. The summed E-state index contributed by atoms with van der Waals surface area (Å²) in [6, 6.07) is 38.4. The number of hydrogen-bond acceptors (Lipinski definition) is 0. The first-order valence-corrected chi connectivity index (χ1v) is 17.1. The molecule has 2 fully saturated rings. The van der Waals surface area contributed by atoms with Gasteiger partial charge < -0.3 is 0 Å². The third kappa shape index (κ3) is 6.04. The number of benzene rings is 4. The highest BCUT2D eigenvalue weighted by atomic mass is 31.1. The Balaban J connectivity index is 1.54. The Morgan fingerprint density at radius 1 is 0.600 bits per heavy atom. The van der Waals surface area contributed by atoms with Gasteiger partial charge in [-0.15, -0.1) is 0 Å². The van der Waals surface area contributed by atoms with E-state index >= 15 is 0 Å². The number of hydrogen-bond donors (Lipinski definition) is 0. The minimum atomic E-state index is -0.202. The molecule has 0 bridgehead atoms. The van der Waals surface area contributed by atoms with Gasteiger partial charge >= 0.3 is 0 Å². The minimum Gasteiger partial charge on any atom is -0.0683 e. The molecule has 0 spiro atoms. The van der Waals surface area contributed by atoms with Crippen molar-refractivity contribution in [2.75, 3.05) is 0 Å². The normalized spacial score (nSPS) is 17.3. The van der Waals surface area contributed by atoms with E-state index < -0.39 is 0 Å². The van der Waals surface area contributed by atoms with Crippen molar-refractivity contribution < 1.29 is 0 Å². The van der Waals surface area contributed by atoms with Gasteiger partial charge in [0, 0.05) is 0 Å². The van der Waals surface area contributed by atoms with E-state index in [2.05, 4.69) is 116 Å². The third-order valence-electron chi connectivity index (χ3n) is 9.15. The van der Waals surface area contributed by atoms with Gasteiger partial charge in [-0.2, -0.15) is 0 Å². The molecule has 0 heterocycles.